The SMILES string of the molecule is O=C1CSc2cc3ccccc3n21. The van der Waals surface area contributed by atoms with Crippen LogP contribution in [0, 0.1) is 0 Å². The first kappa shape index (κ1) is 7.21. The highest BCUT2D eigenvalue weighted by Crippen LogP contribution is 2.32. The van der Waals surface area contributed by atoms with Gasteiger partial charge in [0.2, 0.25) is 5.91 Å². The number of carbonyl (C=O) groups is 1. The molecule has 1 aromatic carbocycles. The molecule has 3 heteroatoms. The van der Waals surface area contributed by atoms with Gasteiger partial charge in [0.1, 0.15) is 0 Å². The molecule has 0 saturated heterocycles. The van der Waals surface area contributed by atoms with Crippen molar-refractivity contribution in [2.45, 2.75) is 5.03 Å². The average Bonchev–Trinajstić information content (AvgIpc) is 2.66. The quantitative estimate of drug-likeness (QED) is 0.634. The van der Waals surface area contributed by atoms with Crippen molar-refractivity contribution in [3.8, 4) is 0 Å². The van der Waals surface area contributed by atoms with Crippen LogP contribution in [0.4, 0.5) is 0 Å². The summed E-state index contributed by atoms with van der Waals surface area (Å²) < 4.78 is 1.81. The van der Waals surface area contributed by atoms with E-state index in [1.54, 1.807) is 16.3 Å². The van der Waals surface area contributed by atoms with Gasteiger partial charge >= 0.3 is 0 Å². The fraction of sp³-hybridized carbons (Fsp3) is 0.100. The maximum Gasteiger partial charge on any atom is 0.242 e. The van der Waals surface area contributed by atoms with Crippen molar-refractivity contribution < 1.29 is 4.79 Å². The van der Waals surface area contributed by atoms with Gasteiger partial charge in [0.05, 0.1) is 16.3 Å². The summed E-state index contributed by atoms with van der Waals surface area (Å²) in [5.74, 6) is 0.779. The molecule has 0 saturated carbocycles. The summed E-state index contributed by atoms with van der Waals surface area (Å²) >= 11 is 1.62. The molecule has 0 bridgehead atoms. The number of hydrogen-bond donors (Lipinski definition) is 0. The highest BCUT2D eigenvalue weighted by Gasteiger charge is 2.21. The first-order valence-corrected chi connectivity index (χ1v) is 5.11. The molecule has 0 atom stereocenters. The van der Waals surface area contributed by atoms with Gasteiger partial charge < -0.3 is 0 Å². The smallest absolute Gasteiger partial charge is 0.242 e. The molecule has 0 N–H and O–H groups in total. The molecule has 1 aliphatic rings. The molecule has 0 aliphatic carbocycles. The number of benzene rings is 1. The molecule has 1 aromatic heterocycles. The zero-order valence-corrected chi connectivity index (χ0v) is 7.67. The molecule has 3 rings (SSSR count). The van der Waals surface area contributed by atoms with E-state index >= 15 is 0 Å². The maximum atomic E-state index is 11.5. The summed E-state index contributed by atoms with van der Waals surface area (Å²) in [6.07, 6.45) is 0. The monoisotopic (exact) mass is 189 g/mol. The molecule has 0 radical (unpaired) electrons. The third kappa shape index (κ3) is 0.877. The van der Waals surface area contributed by atoms with Crippen LogP contribution in [-0.2, 0) is 0 Å². The van der Waals surface area contributed by atoms with Gasteiger partial charge in [0, 0.05) is 5.39 Å². The van der Waals surface area contributed by atoms with Crippen LogP contribution in [-0.4, -0.2) is 16.2 Å². The number of aromatic nitrogens is 1. The van der Waals surface area contributed by atoms with Crippen LogP contribution in [0.1, 0.15) is 4.79 Å². The standard InChI is InChI=1S/C10H7NOS/c12-9-6-13-10-5-7-3-1-2-4-8(7)11(9)10/h1-5H,6H2. The van der Waals surface area contributed by atoms with Gasteiger partial charge in [-0.15, -0.1) is 0 Å². The predicted molar refractivity (Wildman–Crippen MR) is 53.3 cm³/mol. The predicted octanol–water partition coefficient (Wildman–Crippen LogP) is 2.39. The molecule has 2 heterocycles. The third-order valence-electron chi connectivity index (χ3n) is 2.27. The first-order chi connectivity index (χ1) is 6.36. The van der Waals surface area contributed by atoms with E-state index in [9.17, 15) is 4.79 Å². The molecule has 0 amide bonds. The number of hydrogen-bond acceptors (Lipinski definition) is 2. The van der Waals surface area contributed by atoms with Crippen molar-refractivity contribution in [1.82, 2.24) is 4.57 Å². The third-order valence-corrected chi connectivity index (χ3v) is 3.26. The van der Waals surface area contributed by atoms with Crippen molar-refractivity contribution in [2.24, 2.45) is 0 Å². The molecule has 1 aliphatic heterocycles. The van der Waals surface area contributed by atoms with Crippen LogP contribution in [0.15, 0.2) is 35.4 Å². The Morgan fingerprint density at radius 2 is 2.15 bits per heavy atom. The minimum Gasteiger partial charge on any atom is -0.274 e. The molecule has 64 valence electrons. The molecule has 0 fully saturated rings. The lowest BCUT2D eigenvalue weighted by Gasteiger charge is -1.95. The van der Waals surface area contributed by atoms with E-state index in [4.69, 9.17) is 0 Å². The normalized spacial score (nSPS) is 15.2. The molecule has 13 heavy (non-hydrogen) atoms. The Kier molecular flexibility index (Phi) is 1.32. The Hall–Kier alpha value is -1.22. The van der Waals surface area contributed by atoms with Crippen molar-refractivity contribution >= 4 is 28.6 Å². The van der Waals surface area contributed by atoms with Gasteiger partial charge in [-0.05, 0) is 12.1 Å². The fourth-order valence-corrected chi connectivity index (χ4v) is 2.63. The van der Waals surface area contributed by atoms with Crippen LogP contribution in [0.5, 0.6) is 0 Å². The van der Waals surface area contributed by atoms with E-state index in [0.29, 0.717) is 5.75 Å². The van der Waals surface area contributed by atoms with Gasteiger partial charge in [0.15, 0.2) is 0 Å². The summed E-state index contributed by atoms with van der Waals surface area (Å²) in [5.41, 5.74) is 1.03. The number of carbonyl (C=O) groups excluding carboxylic acids is 1. The van der Waals surface area contributed by atoms with Crippen molar-refractivity contribution in [3.63, 3.8) is 0 Å². The maximum absolute atomic E-state index is 11.5. The lowest BCUT2D eigenvalue weighted by atomic mass is 10.2. The second kappa shape index (κ2) is 2.39. The molecule has 0 unspecified atom stereocenters. The summed E-state index contributed by atoms with van der Waals surface area (Å²) in [6.45, 7) is 0. The number of thioether (sulfide) groups is 1. The van der Waals surface area contributed by atoms with E-state index in [1.165, 1.54) is 0 Å². The van der Waals surface area contributed by atoms with Crippen LogP contribution in [0.3, 0.4) is 0 Å². The lowest BCUT2D eigenvalue weighted by Crippen LogP contribution is -2.05. The Bertz CT molecular complexity index is 501. The minimum absolute atomic E-state index is 0.196. The zero-order chi connectivity index (χ0) is 8.84. The average molecular weight is 189 g/mol. The Labute approximate surface area is 79.5 Å². The van der Waals surface area contributed by atoms with E-state index < -0.39 is 0 Å². The first-order valence-electron chi connectivity index (χ1n) is 4.13. The Morgan fingerprint density at radius 3 is 3.08 bits per heavy atom. The lowest BCUT2D eigenvalue weighted by molar-refractivity contribution is 0.0945. The van der Waals surface area contributed by atoms with Crippen LogP contribution < -0.4 is 0 Å². The van der Waals surface area contributed by atoms with E-state index in [-0.39, 0.29) is 5.91 Å². The number of rotatable bonds is 0. The Balaban J connectivity index is 2.46. The molecule has 2 aromatic rings. The molecular formula is C10H7NOS. The van der Waals surface area contributed by atoms with Gasteiger partial charge in [0.25, 0.3) is 0 Å². The number of fused-ring (bicyclic) bond motifs is 3. The second-order valence-corrected chi connectivity index (χ2v) is 4.05. The highest BCUT2D eigenvalue weighted by molar-refractivity contribution is 8.00. The van der Waals surface area contributed by atoms with Crippen molar-refractivity contribution in [2.75, 3.05) is 5.75 Å². The summed E-state index contributed by atoms with van der Waals surface area (Å²) in [6, 6.07) is 10.1. The fourth-order valence-electron chi connectivity index (χ4n) is 1.69. The summed E-state index contributed by atoms with van der Waals surface area (Å²) in [7, 11) is 0. The zero-order valence-electron chi connectivity index (χ0n) is 6.86. The van der Waals surface area contributed by atoms with Crippen molar-refractivity contribution in [3.05, 3.63) is 30.3 Å². The van der Waals surface area contributed by atoms with Crippen LogP contribution in [0.25, 0.3) is 10.9 Å². The summed E-state index contributed by atoms with van der Waals surface area (Å²) in [4.78, 5) is 11.5. The highest BCUT2D eigenvalue weighted by atomic mass is 32.2. The summed E-state index contributed by atoms with van der Waals surface area (Å²) in [5, 5.41) is 2.23. The molecule has 0 spiro atoms. The van der Waals surface area contributed by atoms with Crippen LogP contribution >= 0.6 is 11.8 Å². The molecule has 2 nitrogen and oxygen atoms in total. The Morgan fingerprint density at radius 1 is 1.31 bits per heavy atom. The van der Waals surface area contributed by atoms with E-state index in [0.717, 1.165) is 15.9 Å². The van der Waals surface area contributed by atoms with Crippen LogP contribution in [0.2, 0.25) is 0 Å². The van der Waals surface area contributed by atoms with E-state index in [2.05, 4.69) is 6.07 Å². The van der Waals surface area contributed by atoms with Gasteiger partial charge in [-0.1, -0.05) is 30.0 Å². The topological polar surface area (TPSA) is 22.0 Å². The van der Waals surface area contributed by atoms with Gasteiger partial charge in [-0.25, -0.2) is 0 Å². The second-order valence-electron chi connectivity index (χ2n) is 3.06. The minimum atomic E-state index is 0.196. The van der Waals surface area contributed by atoms with Gasteiger partial charge in [-0.3, -0.25) is 9.36 Å². The number of nitrogens with zero attached hydrogens (tertiary/aromatic N) is 1. The van der Waals surface area contributed by atoms with Gasteiger partial charge in [-0.2, -0.15) is 0 Å². The van der Waals surface area contributed by atoms with E-state index in [1.807, 2.05) is 24.3 Å². The van der Waals surface area contributed by atoms with Crippen molar-refractivity contribution in [1.29, 1.82) is 0 Å². The molecular weight excluding hydrogens is 182 g/mol. The largest absolute Gasteiger partial charge is 0.274 e. The number of para-hydroxylation sites is 1.